The van der Waals surface area contributed by atoms with Gasteiger partial charge in [-0.25, -0.2) is 0 Å². The number of furan rings is 1. The van der Waals surface area contributed by atoms with Crippen molar-refractivity contribution in [1.82, 2.24) is 5.01 Å². The molecule has 0 aromatic carbocycles. The fourth-order valence-electron chi connectivity index (χ4n) is 0.856. The van der Waals surface area contributed by atoms with Crippen molar-refractivity contribution in [2.24, 2.45) is 5.10 Å². The summed E-state index contributed by atoms with van der Waals surface area (Å²) in [6, 6.07) is 3.74. The van der Waals surface area contributed by atoms with Crippen molar-refractivity contribution in [2.45, 2.75) is 6.61 Å². The highest BCUT2D eigenvalue weighted by atomic mass is 16.5. The Labute approximate surface area is 77.8 Å². The van der Waals surface area contributed by atoms with Crippen LogP contribution >= 0.6 is 0 Å². The molecule has 0 saturated carbocycles. The van der Waals surface area contributed by atoms with E-state index >= 15 is 0 Å². The summed E-state index contributed by atoms with van der Waals surface area (Å²) in [6.07, 6.45) is 1.67. The fraction of sp³-hybridized carbons (Fsp3) is 0.444. The Morgan fingerprint density at radius 3 is 2.92 bits per heavy atom. The van der Waals surface area contributed by atoms with Gasteiger partial charge in [-0.3, -0.25) is 0 Å². The Hall–Kier alpha value is -1.29. The molecule has 4 heteroatoms. The molecule has 1 rings (SSSR count). The standard InChI is InChI=1S/C9H14N2O2/c1-11(2)10-6-8-4-5-9(13-8)7-12-3/h4-6H,7H2,1-3H3/b10-6+. The van der Waals surface area contributed by atoms with Crippen molar-refractivity contribution in [2.75, 3.05) is 21.2 Å². The molecule has 0 aliphatic carbocycles. The first-order valence-corrected chi connectivity index (χ1v) is 4.01. The largest absolute Gasteiger partial charge is 0.458 e. The maximum Gasteiger partial charge on any atom is 0.147 e. The lowest BCUT2D eigenvalue weighted by Gasteiger charge is -2.00. The molecule has 0 N–H and O–H groups in total. The minimum Gasteiger partial charge on any atom is -0.458 e. The molecule has 4 nitrogen and oxygen atoms in total. The van der Waals surface area contributed by atoms with Crippen LogP contribution in [0, 0.1) is 0 Å². The van der Waals surface area contributed by atoms with Crippen molar-refractivity contribution in [3.8, 4) is 0 Å². The molecular weight excluding hydrogens is 168 g/mol. The molecule has 0 aliphatic rings. The van der Waals surface area contributed by atoms with Gasteiger partial charge in [0.25, 0.3) is 0 Å². The third-order valence-electron chi connectivity index (χ3n) is 1.38. The van der Waals surface area contributed by atoms with Crippen molar-refractivity contribution in [3.05, 3.63) is 23.7 Å². The van der Waals surface area contributed by atoms with Gasteiger partial charge in [0.1, 0.15) is 18.1 Å². The minimum absolute atomic E-state index is 0.496. The van der Waals surface area contributed by atoms with Crippen LogP contribution in [0.15, 0.2) is 21.7 Å². The number of hydrogen-bond acceptors (Lipinski definition) is 4. The smallest absolute Gasteiger partial charge is 0.147 e. The lowest BCUT2D eigenvalue weighted by Crippen LogP contribution is -2.01. The van der Waals surface area contributed by atoms with E-state index in [0.717, 1.165) is 11.5 Å². The summed E-state index contributed by atoms with van der Waals surface area (Å²) in [5.74, 6) is 1.54. The molecule has 0 aliphatic heterocycles. The van der Waals surface area contributed by atoms with Crippen molar-refractivity contribution < 1.29 is 9.15 Å². The molecule has 0 fully saturated rings. The van der Waals surface area contributed by atoms with Crippen molar-refractivity contribution in [1.29, 1.82) is 0 Å². The van der Waals surface area contributed by atoms with E-state index in [1.165, 1.54) is 0 Å². The SMILES string of the molecule is COCc1ccc(/C=N/N(C)C)o1. The average molecular weight is 182 g/mol. The summed E-state index contributed by atoms with van der Waals surface area (Å²) in [6.45, 7) is 0.496. The zero-order valence-corrected chi connectivity index (χ0v) is 8.15. The number of ether oxygens (including phenoxy) is 1. The van der Waals surface area contributed by atoms with E-state index in [1.807, 2.05) is 26.2 Å². The van der Waals surface area contributed by atoms with Gasteiger partial charge >= 0.3 is 0 Å². The van der Waals surface area contributed by atoms with Crippen molar-refractivity contribution >= 4 is 6.21 Å². The van der Waals surface area contributed by atoms with Gasteiger partial charge in [0, 0.05) is 21.2 Å². The van der Waals surface area contributed by atoms with Gasteiger partial charge in [0.2, 0.25) is 0 Å². The van der Waals surface area contributed by atoms with E-state index in [1.54, 1.807) is 18.3 Å². The minimum atomic E-state index is 0.496. The predicted octanol–water partition coefficient (Wildman–Crippen LogP) is 1.32. The van der Waals surface area contributed by atoms with Crippen LogP contribution in [0.5, 0.6) is 0 Å². The summed E-state index contributed by atoms with van der Waals surface area (Å²) < 4.78 is 10.3. The summed E-state index contributed by atoms with van der Waals surface area (Å²) >= 11 is 0. The molecule has 0 amide bonds. The van der Waals surface area contributed by atoms with E-state index < -0.39 is 0 Å². The van der Waals surface area contributed by atoms with Gasteiger partial charge in [-0.15, -0.1) is 0 Å². The van der Waals surface area contributed by atoms with Crippen LogP contribution in [0.4, 0.5) is 0 Å². The summed E-state index contributed by atoms with van der Waals surface area (Å²) in [5.41, 5.74) is 0. The third kappa shape index (κ3) is 3.29. The van der Waals surface area contributed by atoms with Crippen LogP contribution < -0.4 is 0 Å². The first kappa shape index (κ1) is 9.80. The second-order valence-corrected chi connectivity index (χ2v) is 2.83. The molecule has 0 radical (unpaired) electrons. The molecule has 0 spiro atoms. The predicted molar refractivity (Wildman–Crippen MR) is 50.7 cm³/mol. The normalized spacial score (nSPS) is 11.0. The first-order valence-electron chi connectivity index (χ1n) is 4.01. The topological polar surface area (TPSA) is 38.0 Å². The van der Waals surface area contributed by atoms with Gasteiger partial charge in [-0.05, 0) is 12.1 Å². The summed E-state index contributed by atoms with van der Waals surface area (Å²) in [4.78, 5) is 0. The van der Waals surface area contributed by atoms with Crippen LogP contribution in [0.2, 0.25) is 0 Å². The lowest BCUT2D eigenvalue weighted by molar-refractivity contribution is 0.164. The zero-order chi connectivity index (χ0) is 9.68. The summed E-state index contributed by atoms with van der Waals surface area (Å²) in [7, 11) is 5.35. The van der Waals surface area contributed by atoms with E-state index in [-0.39, 0.29) is 0 Å². The Morgan fingerprint density at radius 1 is 1.54 bits per heavy atom. The molecule has 1 heterocycles. The average Bonchev–Trinajstić information content (AvgIpc) is 2.50. The van der Waals surface area contributed by atoms with E-state index in [0.29, 0.717) is 6.61 Å². The molecule has 1 aromatic rings. The number of nitrogens with zero attached hydrogens (tertiary/aromatic N) is 2. The Balaban J connectivity index is 2.58. The van der Waals surface area contributed by atoms with Crippen LogP contribution in [0.3, 0.4) is 0 Å². The van der Waals surface area contributed by atoms with E-state index in [9.17, 15) is 0 Å². The van der Waals surface area contributed by atoms with Crippen LogP contribution in [0.25, 0.3) is 0 Å². The number of rotatable bonds is 4. The van der Waals surface area contributed by atoms with Gasteiger partial charge in [0.15, 0.2) is 0 Å². The maximum absolute atomic E-state index is 5.37. The van der Waals surface area contributed by atoms with Crippen molar-refractivity contribution in [3.63, 3.8) is 0 Å². The molecule has 0 bridgehead atoms. The Kier molecular flexibility index (Phi) is 3.52. The summed E-state index contributed by atoms with van der Waals surface area (Å²) in [5, 5.41) is 5.75. The lowest BCUT2D eigenvalue weighted by atomic mass is 10.4. The highest BCUT2D eigenvalue weighted by molar-refractivity contribution is 5.75. The maximum atomic E-state index is 5.37. The number of methoxy groups -OCH3 is 1. The highest BCUT2D eigenvalue weighted by Gasteiger charge is 1.98. The molecular formula is C9H14N2O2. The monoisotopic (exact) mass is 182 g/mol. The zero-order valence-electron chi connectivity index (χ0n) is 8.15. The highest BCUT2D eigenvalue weighted by Crippen LogP contribution is 2.06. The molecule has 0 unspecified atom stereocenters. The third-order valence-corrected chi connectivity index (χ3v) is 1.38. The second-order valence-electron chi connectivity index (χ2n) is 2.83. The quantitative estimate of drug-likeness (QED) is 0.520. The van der Waals surface area contributed by atoms with Gasteiger partial charge in [-0.1, -0.05) is 0 Å². The molecule has 0 atom stereocenters. The first-order chi connectivity index (χ1) is 6.22. The molecule has 0 saturated heterocycles. The second kappa shape index (κ2) is 4.67. The van der Waals surface area contributed by atoms with Gasteiger partial charge in [-0.2, -0.15) is 5.10 Å². The van der Waals surface area contributed by atoms with Crippen LogP contribution in [0.1, 0.15) is 11.5 Å². The molecule has 72 valence electrons. The van der Waals surface area contributed by atoms with Crippen LogP contribution in [-0.2, 0) is 11.3 Å². The fourth-order valence-corrected chi connectivity index (χ4v) is 0.856. The number of hydrazone groups is 1. The Bertz CT molecular complexity index is 279. The van der Waals surface area contributed by atoms with E-state index in [4.69, 9.17) is 9.15 Å². The van der Waals surface area contributed by atoms with Gasteiger partial charge < -0.3 is 14.2 Å². The molecule has 1 aromatic heterocycles. The van der Waals surface area contributed by atoms with Crippen LogP contribution in [-0.4, -0.2) is 32.4 Å². The number of hydrogen-bond donors (Lipinski definition) is 0. The molecule has 13 heavy (non-hydrogen) atoms. The Morgan fingerprint density at radius 2 is 2.31 bits per heavy atom. The van der Waals surface area contributed by atoms with E-state index in [2.05, 4.69) is 5.10 Å². The van der Waals surface area contributed by atoms with Gasteiger partial charge in [0.05, 0.1) is 6.21 Å².